The summed E-state index contributed by atoms with van der Waals surface area (Å²) in [6, 6.07) is 7.56. The first-order chi connectivity index (χ1) is 7.29. The number of ether oxygens (including phenoxy) is 1. The molecule has 0 N–H and O–H groups in total. The Hall–Kier alpha value is -0.350. The van der Waals surface area contributed by atoms with Gasteiger partial charge in [0.25, 0.3) is 0 Å². The predicted octanol–water partition coefficient (Wildman–Crippen LogP) is 4.23. The number of alkyl halides is 1. The molecule has 0 fully saturated rings. The molecule has 0 saturated carbocycles. The highest BCUT2D eigenvalue weighted by atomic mass is 79.9. The molecule has 0 radical (unpaired) electrons. The molecular formula is C12H14Br2O2. The van der Waals surface area contributed by atoms with Crippen LogP contribution in [0.25, 0.3) is 0 Å². The smallest absolute Gasteiger partial charge is 0.324 e. The van der Waals surface area contributed by atoms with E-state index in [0.29, 0.717) is 0 Å². The summed E-state index contributed by atoms with van der Waals surface area (Å²) in [6.07, 6.45) is 0. The molecule has 1 aromatic carbocycles. The first-order valence-corrected chi connectivity index (χ1v) is 6.63. The van der Waals surface area contributed by atoms with Gasteiger partial charge in [-0.15, -0.1) is 0 Å². The quantitative estimate of drug-likeness (QED) is 0.590. The van der Waals surface area contributed by atoms with Gasteiger partial charge in [0.1, 0.15) is 10.4 Å². The van der Waals surface area contributed by atoms with Crippen molar-refractivity contribution in [2.24, 2.45) is 0 Å². The molecule has 16 heavy (non-hydrogen) atoms. The van der Waals surface area contributed by atoms with Gasteiger partial charge in [0.2, 0.25) is 0 Å². The summed E-state index contributed by atoms with van der Waals surface area (Å²) in [7, 11) is 0. The van der Waals surface area contributed by atoms with Crippen LogP contribution in [0, 0.1) is 0 Å². The van der Waals surface area contributed by atoms with Crippen LogP contribution in [0.5, 0.6) is 0 Å². The Balaban J connectivity index is 2.74. The predicted molar refractivity (Wildman–Crippen MR) is 71.7 cm³/mol. The number of rotatable bonds is 2. The lowest BCUT2D eigenvalue weighted by molar-refractivity contribution is -0.154. The molecule has 0 aromatic heterocycles. The van der Waals surface area contributed by atoms with Gasteiger partial charge >= 0.3 is 5.97 Å². The van der Waals surface area contributed by atoms with Gasteiger partial charge < -0.3 is 4.74 Å². The van der Waals surface area contributed by atoms with E-state index in [1.165, 1.54) is 0 Å². The van der Waals surface area contributed by atoms with E-state index >= 15 is 0 Å². The molecule has 0 spiro atoms. The van der Waals surface area contributed by atoms with Gasteiger partial charge in [0.05, 0.1) is 0 Å². The summed E-state index contributed by atoms with van der Waals surface area (Å²) in [6.45, 7) is 5.56. The van der Waals surface area contributed by atoms with E-state index in [2.05, 4.69) is 31.9 Å². The molecule has 0 aliphatic carbocycles. The van der Waals surface area contributed by atoms with Crippen molar-refractivity contribution in [3.63, 3.8) is 0 Å². The lowest BCUT2D eigenvalue weighted by atomic mass is 10.1. The Labute approximate surface area is 113 Å². The van der Waals surface area contributed by atoms with E-state index in [1.807, 2.05) is 45.0 Å². The molecule has 1 rings (SSSR count). The maximum Gasteiger partial charge on any atom is 0.324 e. The second-order valence-electron chi connectivity index (χ2n) is 4.45. The summed E-state index contributed by atoms with van der Waals surface area (Å²) < 4.78 is 6.27. The van der Waals surface area contributed by atoms with E-state index in [0.717, 1.165) is 10.0 Å². The van der Waals surface area contributed by atoms with Gasteiger partial charge in [0.15, 0.2) is 0 Å². The maximum atomic E-state index is 11.8. The third-order valence-corrected chi connectivity index (χ3v) is 3.21. The standard InChI is InChI=1S/C12H14Br2O2/c1-12(2,3)16-11(15)10(14)8-4-6-9(13)7-5-8/h4-7,10H,1-3H3/t10-/m1/s1. The molecule has 0 bridgehead atoms. The average molecular weight is 350 g/mol. The molecular weight excluding hydrogens is 336 g/mol. The second kappa shape index (κ2) is 5.32. The monoisotopic (exact) mass is 348 g/mol. The van der Waals surface area contributed by atoms with E-state index in [1.54, 1.807) is 0 Å². The van der Waals surface area contributed by atoms with E-state index in [-0.39, 0.29) is 5.97 Å². The van der Waals surface area contributed by atoms with E-state index in [9.17, 15) is 4.79 Å². The van der Waals surface area contributed by atoms with Gasteiger partial charge in [-0.1, -0.05) is 44.0 Å². The van der Waals surface area contributed by atoms with Crippen LogP contribution in [0.15, 0.2) is 28.7 Å². The van der Waals surface area contributed by atoms with Crippen molar-refractivity contribution in [1.82, 2.24) is 0 Å². The van der Waals surface area contributed by atoms with Crippen LogP contribution < -0.4 is 0 Å². The van der Waals surface area contributed by atoms with Crippen LogP contribution in [-0.4, -0.2) is 11.6 Å². The SMILES string of the molecule is CC(C)(C)OC(=O)[C@H](Br)c1ccc(Br)cc1. The Morgan fingerprint density at radius 1 is 1.25 bits per heavy atom. The summed E-state index contributed by atoms with van der Waals surface area (Å²) in [4.78, 5) is 11.3. The summed E-state index contributed by atoms with van der Waals surface area (Å²) in [5.41, 5.74) is 0.427. The average Bonchev–Trinajstić information content (AvgIpc) is 2.15. The largest absolute Gasteiger partial charge is 0.459 e. The van der Waals surface area contributed by atoms with Gasteiger partial charge in [-0.2, -0.15) is 0 Å². The fourth-order valence-electron chi connectivity index (χ4n) is 1.12. The fourth-order valence-corrected chi connectivity index (χ4v) is 1.78. The molecule has 0 amide bonds. The van der Waals surface area contributed by atoms with Crippen molar-refractivity contribution in [2.75, 3.05) is 0 Å². The van der Waals surface area contributed by atoms with Crippen LogP contribution in [0.4, 0.5) is 0 Å². The molecule has 4 heteroatoms. The van der Waals surface area contributed by atoms with Crippen molar-refractivity contribution in [1.29, 1.82) is 0 Å². The summed E-state index contributed by atoms with van der Waals surface area (Å²) in [5, 5.41) is 0. The number of halogens is 2. The van der Waals surface area contributed by atoms with Crippen molar-refractivity contribution in [3.8, 4) is 0 Å². The molecule has 1 atom stereocenters. The van der Waals surface area contributed by atoms with Crippen LogP contribution in [0.3, 0.4) is 0 Å². The highest BCUT2D eigenvalue weighted by molar-refractivity contribution is 9.10. The highest BCUT2D eigenvalue weighted by Crippen LogP contribution is 2.27. The lowest BCUT2D eigenvalue weighted by Crippen LogP contribution is -2.25. The minimum absolute atomic E-state index is 0.269. The Morgan fingerprint density at radius 3 is 2.19 bits per heavy atom. The molecule has 88 valence electrons. The van der Waals surface area contributed by atoms with Gasteiger partial charge in [-0.3, -0.25) is 4.79 Å². The van der Waals surface area contributed by atoms with Crippen LogP contribution >= 0.6 is 31.9 Å². The summed E-state index contributed by atoms with van der Waals surface area (Å²) >= 11 is 6.69. The summed E-state index contributed by atoms with van der Waals surface area (Å²) in [5.74, 6) is -0.269. The normalized spacial score (nSPS) is 13.3. The van der Waals surface area contributed by atoms with Crippen LogP contribution in [0.2, 0.25) is 0 Å². The highest BCUT2D eigenvalue weighted by Gasteiger charge is 2.24. The van der Waals surface area contributed by atoms with Gasteiger partial charge in [0, 0.05) is 4.47 Å². The Kier molecular flexibility index (Phi) is 4.56. The molecule has 0 heterocycles. The second-order valence-corrected chi connectivity index (χ2v) is 6.28. The topological polar surface area (TPSA) is 26.3 Å². The zero-order valence-corrected chi connectivity index (χ0v) is 12.6. The number of carbonyl (C=O) groups excluding carboxylic acids is 1. The third-order valence-electron chi connectivity index (χ3n) is 1.78. The zero-order valence-electron chi connectivity index (χ0n) is 9.46. The Bertz CT molecular complexity index is 366. The molecule has 0 aliphatic rings. The minimum atomic E-state index is -0.460. The molecule has 0 unspecified atom stereocenters. The number of benzene rings is 1. The van der Waals surface area contributed by atoms with Gasteiger partial charge in [-0.25, -0.2) is 0 Å². The maximum absolute atomic E-state index is 11.8. The molecule has 2 nitrogen and oxygen atoms in total. The van der Waals surface area contributed by atoms with Crippen molar-refractivity contribution < 1.29 is 9.53 Å². The van der Waals surface area contributed by atoms with E-state index in [4.69, 9.17) is 4.74 Å². The number of hydrogen-bond donors (Lipinski definition) is 0. The number of hydrogen-bond acceptors (Lipinski definition) is 2. The first kappa shape index (κ1) is 13.7. The zero-order chi connectivity index (χ0) is 12.3. The molecule has 0 saturated heterocycles. The van der Waals surface area contributed by atoms with E-state index < -0.39 is 10.4 Å². The van der Waals surface area contributed by atoms with Gasteiger partial charge in [-0.05, 0) is 38.5 Å². The van der Waals surface area contributed by atoms with Crippen molar-refractivity contribution >= 4 is 37.8 Å². The van der Waals surface area contributed by atoms with Crippen LogP contribution in [-0.2, 0) is 9.53 Å². The molecule has 0 aliphatic heterocycles. The minimum Gasteiger partial charge on any atom is -0.459 e. The van der Waals surface area contributed by atoms with Crippen LogP contribution in [0.1, 0.15) is 31.2 Å². The molecule has 1 aromatic rings. The van der Waals surface area contributed by atoms with Crippen molar-refractivity contribution in [3.05, 3.63) is 34.3 Å². The van der Waals surface area contributed by atoms with Crippen molar-refractivity contribution in [2.45, 2.75) is 31.2 Å². The lowest BCUT2D eigenvalue weighted by Gasteiger charge is -2.21. The third kappa shape index (κ3) is 4.26. The number of carbonyl (C=O) groups is 1. The Morgan fingerprint density at radius 2 is 1.75 bits per heavy atom. The fraction of sp³-hybridized carbons (Fsp3) is 0.417. The number of esters is 1. The first-order valence-electron chi connectivity index (χ1n) is 4.92.